The predicted octanol–water partition coefficient (Wildman–Crippen LogP) is 2.15. The Labute approximate surface area is 92.9 Å². The first-order valence-electron chi connectivity index (χ1n) is 4.58. The fourth-order valence-corrected chi connectivity index (χ4v) is 1.71. The lowest BCUT2D eigenvalue weighted by atomic mass is 10.2. The zero-order chi connectivity index (χ0) is 11.0. The molecule has 15 heavy (non-hydrogen) atoms. The van der Waals surface area contributed by atoms with Gasteiger partial charge in [-0.15, -0.1) is 0 Å². The van der Waals surface area contributed by atoms with Crippen LogP contribution >= 0.6 is 11.6 Å². The molecule has 0 fully saturated rings. The van der Waals surface area contributed by atoms with E-state index in [1.54, 1.807) is 10.7 Å². The monoisotopic (exact) mass is 222 g/mol. The first-order chi connectivity index (χ1) is 7.06. The van der Waals surface area contributed by atoms with Crippen LogP contribution in [0, 0.1) is 13.8 Å². The van der Waals surface area contributed by atoms with Gasteiger partial charge in [0.2, 0.25) is 0 Å². The molecule has 0 unspecified atom stereocenters. The molecule has 0 aliphatic rings. The van der Waals surface area contributed by atoms with Crippen LogP contribution in [0.25, 0.3) is 11.4 Å². The van der Waals surface area contributed by atoms with Crippen molar-refractivity contribution in [2.75, 3.05) is 0 Å². The highest BCUT2D eigenvalue weighted by molar-refractivity contribution is 6.29. The van der Waals surface area contributed by atoms with E-state index in [9.17, 15) is 0 Å². The first-order valence-corrected chi connectivity index (χ1v) is 4.96. The molecule has 0 atom stereocenters. The van der Waals surface area contributed by atoms with Gasteiger partial charge in [-0.1, -0.05) is 11.6 Å². The lowest BCUT2D eigenvalue weighted by Gasteiger charge is -1.99. The van der Waals surface area contributed by atoms with Crippen LogP contribution in [0.15, 0.2) is 12.3 Å². The lowest BCUT2D eigenvalue weighted by molar-refractivity contribution is 0.756. The maximum Gasteiger partial charge on any atom is 0.164 e. The van der Waals surface area contributed by atoms with Crippen molar-refractivity contribution in [2.24, 2.45) is 7.05 Å². The van der Waals surface area contributed by atoms with Crippen LogP contribution in [0.3, 0.4) is 0 Å². The largest absolute Gasteiger partial charge is 0.275 e. The highest BCUT2D eigenvalue weighted by atomic mass is 35.5. The van der Waals surface area contributed by atoms with Gasteiger partial charge in [-0.2, -0.15) is 5.10 Å². The third kappa shape index (κ3) is 1.99. The van der Waals surface area contributed by atoms with Gasteiger partial charge in [-0.05, 0) is 19.9 Å². The zero-order valence-electron chi connectivity index (χ0n) is 8.82. The molecule has 5 heteroatoms. The molecule has 0 amide bonds. The molecular weight excluding hydrogens is 212 g/mol. The molecular formula is C10H11ClN4. The van der Waals surface area contributed by atoms with E-state index in [0.717, 1.165) is 17.0 Å². The van der Waals surface area contributed by atoms with Crippen molar-refractivity contribution < 1.29 is 0 Å². The standard InChI is InChI=1S/C10H11ClN4/c1-6-4-9(11)13-10(12-6)8-5-15(3)14-7(8)2/h4-5H,1-3H3. The first kappa shape index (κ1) is 10.1. The zero-order valence-corrected chi connectivity index (χ0v) is 9.58. The van der Waals surface area contributed by atoms with Crippen molar-refractivity contribution >= 4 is 11.6 Å². The molecule has 0 N–H and O–H groups in total. The highest BCUT2D eigenvalue weighted by Crippen LogP contribution is 2.20. The minimum atomic E-state index is 0.459. The van der Waals surface area contributed by atoms with Gasteiger partial charge >= 0.3 is 0 Å². The van der Waals surface area contributed by atoms with E-state index in [-0.39, 0.29) is 0 Å². The highest BCUT2D eigenvalue weighted by Gasteiger charge is 2.09. The van der Waals surface area contributed by atoms with Gasteiger partial charge in [0.05, 0.1) is 11.3 Å². The molecule has 0 saturated carbocycles. The molecule has 78 valence electrons. The lowest BCUT2D eigenvalue weighted by Crippen LogP contribution is -1.92. The number of hydrogen-bond donors (Lipinski definition) is 0. The van der Waals surface area contributed by atoms with E-state index in [0.29, 0.717) is 11.0 Å². The summed E-state index contributed by atoms with van der Waals surface area (Å²) in [5.41, 5.74) is 2.68. The Morgan fingerprint density at radius 3 is 2.53 bits per heavy atom. The summed E-state index contributed by atoms with van der Waals surface area (Å²) in [4.78, 5) is 8.51. The van der Waals surface area contributed by atoms with Gasteiger partial charge in [0.15, 0.2) is 5.82 Å². The summed E-state index contributed by atoms with van der Waals surface area (Å²) in [6, 6.07) is 1.73. The summed E-state index contributed by atoms with van der Waals surface area (Å²) in [5, 5.41) is 4.70. The van der Waals surface area contributed by atoms with Crippen LogP contribution in [0.4, 0.5) is 0 Å². The van der Waals surface area contributed by atoms with E-state index in [4.69, 9.17) is 11.6 Å². The summed E-state index contributed by atoms with van der Waals surface area (Å²) in [6.07, 6.45) is 1.89. The summed E-state index contributed by atoms with van der Waals surface area (Å²) >= 11 is 5.88. The van der Waals surface area contributed by atoms with Gasteiger partial charge in [-0.25, -0.2) is 9.97 Å². The van der Waals surface area contributed by atoms with Crippen LogP contribution in [0.1, 0.15) is 11.4 Å². The molecule has 2 rings (SSSR count). The summed E-state index contributed by atoms with van der Waals surface area (Å²) in [5.74, 6) is 0.630. The second-order valence-electron chi connectivity index (χ2n) is 3.46. The molecule has 0 aliphatic heterocycles. The Morgan fingerprint density at radius 1 is 1.27 bits per heavy atom. The van der Waals surface area contributed by atoms with Gasteiger partial charge in [0.25, 0.3) is 0 Å². The summed E-state index contributed by atoms with van der Waals surface area (Å²) in [6.45, 7) is 3.82. The Morgan fingerprint density at radius 2 is 2.00 bits per heavy atom. The Hall–Kier alpha value is -1.42. The molecule has 0 spiro atoms. The predicted molar refractivity (Wildman–Crippen MR) is 58.7 cm³/mol. The topological polar surface area (TPSA) is 43.6 Å². The van der Waals surface area contributed by atoms with Crippen molar-refractivity contribution in [1.29, 1.82) is 0 Å². The SMILES string of the molecule is Cc1cc(Cl)nc(-c2cn(C)nc2C)n1. The number of aromatic nitrogens is 4. The molecule has 2 heterocycles. The molecule has 0 aromatic carbocycles. The minimum absolute atomic E-state index is 0.459. The Balaban J connectivity index is 2.58. The number of halogens is 1. The number of nitrogens with zero attached hydrogens (tertiary/aromatic N) is 4. The minimum Gasteiger partial charge on any atom is -0.275 e. The normalized spacial score (nSPS) is 10.7. The van der Waals surface area contributed by atoms with Crippen LogP contribution in [0.2, 0.25) is 5.15 Å². The third-order valence-electron chi connectivity index (χ3n) is 2.08. The van der Waals surface area contributed by atoms with Crippen molar-refractivity contribution in [3.63, 3.8) is 0 Å². The van der Waals surface area contributed by atoms with Crippen LogP contribution in [-0.4, -0.2) is 19.7 Å². The number of hydrogen-bond acceptors (Lipinski definition) is 3. The van der Waals surface area contributed by atoms with Gasteiger partial charge < -0.3 is 0 Å². The second kappa shape index (κ2) is 3.62. The van der Waals surface area contributed by atoms with Crippen LogP contribution in [-0.2, 0) is 7.05 Å². The average molecular weight is 223 g/mol. The average Bonchev–Trinajstić information content (AvgIpc) is 2.43. The summed E-state index contributed by atoms with van der Waals surface area (Å²) in [7, 11) is 1.87. The molecule has 0 saturated heterocycles. The van der Waals surface area contributed by atoms with Crippen molar-refractivity contribution in [1.82, 2.24) is 19.7 Å². The third-order valence-corrected chi connectivity index (χ3v) is 2.27. The molecule has 0 radical (unpaired) electrons. The van der Waals surface area contributed by atoms with Crippen LogP contribution < -0.4 is 0 Å². The molecule has 0 bridgehead atoms. The van der Waals surface area contributed by atoms with Crippen molar-refractivity contribution in [3.05, 3.63) is 28.8 Å². The van der Waals surface area contributed by atoms with E-state index >= 15 is 0 Å². The molecule has 2 aromatic heterocycles. The Bertz CT molecular complexity index is 484. The van der Waals surface area contributed by atoms with E-state index < -0.39 is 0 Å². The molecule has 0 aliphatic carbocycles. The van der Waals surface area contributed by atoms with Gasteiger partial charge in [0, 0.05) is 18.9 Å². The smallest absolute Gasteiger partial charge is 0.164 e. The quantitative estimate of drug-likeness (QED) is 0.695. The van der Waals surface area contributed by atoms with Gasteiger partial charge in [-0.3, -0.25) is 4.68 Å². The second-order valence-corrected chi connectivity index (χ2v) is 3.84. The van der Waals surface area contributed by atoms with Crippen molar-refractivity contribution in [3.8, 4) is 11.4 Å². The van der Waals surface area contributed by atoms with Crippen LogP contribution in [0.5, 0.6) is 0 Å². The van der Waals surface area contributed by atoms with E-state index in [1.165, 1.54) is 0 Å². The van der Waals surface area contributed by atoms with E-state index in [1.807, 2.05) is 27.1 Å². The Kier molecular flexibility index (Phi) is 2.44. The van der Waals surface area contributed by atoms with E-state index in [2.05, 4.69) is 15.1 Å². The maximum absolute atomic E-state index is 5.88. The van der Waals surface area contributed by atoms with Gasteiger partial charge in [0.1, 0.15) is 5.15 Å². The fourth-order valence-electron chi connectivity index (χ4n) is 1.47. The fraction of sp³-hybridized carbons (Fsp3) is 0.300. The molecule has 2 aromatic rings. The summed E-state index contributed by atoms with van der Waals surface area (Å²) < 4.78 is 1.74. The molecule has 4 nitrogen and oxygen atoms in total. The number of aryl methyl sites for hydroxylation is 3. The maximum atomic E-state index is 5.88. The number of rotatable bonds is 1. The van der Waals surface area contributed by atoms with Crippen molar-refractivity contribution in [2.45, 2.75) is 13.8 Å².